The fourth-order valence-electron chi connectivity index (χ4n) is 2.18. The molecule has 0 saturated heterocycles. The van der Waals surface area contributed by atoms with Gasteiger partial charge in [0.25, 0.3) is 5.91 Å². The number of carbonyl (C=O) groups excluding carboxylic acids is 1. The number of nitrogens with one attached hydrogen (secondary N) is 1. The third-order valence-electron chi connectivity index (χ3n) is 3.27. The minimum absolute atomic E-state index is 0.140. The number of rotatable bonds is 5. The third-order valence-corrected chi connectivity index (χ3v) is 4.12. The van der Waals surface area contributed by atoms with Crippen molar-refractivity contribution >= 4 is 17.2 Å². The molecule has 23 heavy (non-hydrogen) atoms. The van der Waals surface area contributed by atoms with E-state index in [0.717, 1.165) is 16.4 Å². The summed E-state index contributed by atoms with van der Waals surface area (Å²) in [6.45, 7) is 4.37. The van der Waals surface area contributed by atoms with E-state index in [0.29, 0.717) is 12.2 Å². The number of amides is 1. The standard InChI is InChI=1S/C16H17N5OS/c1-11(2)21-14(6-8-19-21)16(22)18-9-15-20-13(10-23-15)12-5-3-4-7-17-12/h3-8,10-11H,9H2,1-2H3,(H,18,22). The summed E-state index contributed by atoms with van der Waals surface area (Å²) in [7, 11) is 0. The fraction of sp³-hybridized carbons (Fsp3) is 0.250. The molecule has 0 aromatic carbocycles. The first-order valence-electron chi connectivity index (χ1n) is 7.32. The number of thiazole rings is 1. The average molecular weight is 327 g/mol. The monoisotopic (exact) mass is 327 g/mol. The molecule has 7 heteroatoms. The summed E-state index contributed by atoms with van der Waals surface area (Å²) in [5, 5.41) is 9.85. The van der Waals surface area contributed by atoms with Gasteiger partial charge in [-0.05, 0) is 32.0 Å². The molecular weight excluding hydrogens is 310 g/mol. The van der Waals surface area contributed by atoms with Crippen LogP contribution in [0.15, 0.2) is 42.0 Å². The maximum absolute atomic E-state index is 12.3. The summed E-state index contributed by atoms with van der Waals surface area (Å²) < 4.78 is 1.70. The molecule has 0 atom stereocenters. The Bertz CT molecular complexity index is 794. The normalized spacial score (nSPS) is 10.9. The molecule has 3 aromatic heterocycles. The highest BCUT2D eigenvalue weighted by atomic mass is 32.1. The van der Waals surface area contributed by atoms with Gasteiger partial charge in [-0.25, -0.2) is 4.98 Å². The molecule has 3 aromatic rings. The predicted molar refractivity (Wildman–Crippen MR) is 89.1 cm³/mol. The zero-order valence-electron chi connectivity index (χ0n) is 12.9. The summed E-state index contributed by atoms with van der Waals surface area (Å²) in [6, 6.07) is 7.57. The predicted octanol–water partition coefficient (Wildman–Crippen LogP) is 2.91. The van der Waals surface area contributed by atoms with Gasteiger partial charge in [-0.3, -0.25) is 14.5 Å². The van der Waals surface area contributed by atoms with Crippen molar-refractivity contribution in [2.75, 3.05) is 0 Å². The largest absolute Gasteiger partial charge is 0.344 e. The first-order valence-corrected chi connectivity index (χ1v) is 8.20. The number of aromatic nitrogens is 4. The topological polar surface area (TPSA) is 72.7 Å². The lowest BCUT2D eigenvalue weighted by Gasteiger charge is -2.10. The smallest absolute Gasteiger partial charge is 0.269 e. The van der Waals surface area contributed by atoms with E-state index >= 15 is 0 Å². The van der Waals surface area contributed by atoms with Crippen LogP contribution in [0, 0.1) is 0 Å². The van der Waals surface area contributed by atoms with E-state index in [-0.39, 0.29) is 11.9 Å². The van der Waals surface area contributed by atoms with Crippen LogP contribution >= 0.6 is 11.3 Å². The lowest BCUT2D eigenvalue weighted by atomic mass is 10.3. The van der Waals surface area contributed by atoms with Crippen molar-refractivity contribution in [2.45, 2.75) is 26.4 Å². The molecule has 3 rings (SSSR count). The summed E-state index contributed by atoms with van der Waals surface area (Å²) in [4.78, 5) is 21.1. The van der Waals surface area contributed by atoms with Gasteiger partial charge >= 0.3 is 0 Å². The SMILES string of the molecule is CC(C)n1nccc1C(=O)NCc1nc(-c2ccccn2)cs1. The van der Waals surface area contributed by atoms with Crippen molar-refractivity contribution in [3.8, 4) is 11.4 Å². The van der Waals surface area contributed by atoms with E-state index in [1.54, 1.807) is 23.1 Å². The molecule has 0 saturated carbocycles. The number of pyridine rings is 1. The lowest BCUT2D eigenvalue weighted by Crippen LogP contribution is -2.26. The van der Waals surface area contributed by atoms with Crippen LogP contribution in [0.25, 0.3) is 11.4 Å². The number of nitrogens with zero attached hydrogens (tertiary/aromatic N) is 4. The van der Waals surface area contributed by atoms with E-state index in [1.807, 2.05) is 37.4 Å². The van der Waals surface area contributed by atoms with Crippen molar-refractivity contribution in [1.82, 2.24) is 25.1 Å². The molecule has 0 aliphatic heterocycles. The Kier molecular flexibility index (Phi) is 4.47. The molecule has 1 N–H and O–H groups in total. The van der Waals surface area contributed by atoms with Crippen LogP contribution in [0.2, 0.25) is 0 Å². The van der Waals surface area contributed by atoms with Crippen LogP contribution in [0.4, 0.5) is 0 Å². The molecule has 0 fully saturated rings. The van der Waals surface area contributed by atoms with Crippen molar-refractivity contribution in [3.63, 3.8) is 0 Å². The first-order chi connectivity index (χ1) is 11.1. The number of hydrogen-bond donors (Lipinski definition) is 1. The van der Waals surface area contributed by atoms with Gasteiger partial charge in [0.15, 0.2) is 0 Å². The molecule has 1 amide bonds. The van der Waals surface area contributed by atoms with Gasteiger partial charge in [-0.2, -0.15) is 5.10 Å². The Morgan fingerprint density at radius 2 is 2.13 bits per heavy atom. The Morgan fingerprint density at radius 1 is 1.26 bits per heavy atom. The maximum atomic E-state index is 12.3. The van der Waals surface area contributed by atoms with Gasteiger partial charge in [-0.1, -0.05) is 6.07 Å². The van der Waals surface area contributed by atoms with Crippen LogP contribution in [0.5, 0.6) is 0 Å². The van der Waals surface area contributed by atoms with Gasteiger partial charge in [0.05, 0.1) is 17.9 Å². The second kappa shape index (κ2) is 6.70. The fourth-order valence-corrected chi connectivity index (χ4v) is 2.90. The molecule has 0 bridgehead atoms. The quantitative estimate of drug-likeness (QED) is 0.782. The van der Waals surface area contributed by atoms with Gasteiger partial charge in [0.2, 0.25) is 0 Å². The van der Waals surface area contributed by atoms with E-state index in [9.17, 15) is 4.79 Å². The van der Waals surface area contributed by atoms with Gasteiger partial charge < -0.3 is 5.32 Å². The van der Waals surface area contributed by atoms with Crippen molar-refractivity contribution in [2.24, 2.45) is 0 Å². The number of hydrogen-bond acceptors (Lipinski definition) is 5. The zero-order chi connectivity index (χ0) is 16.2. The number of carbonyl (C=O) groups is 1. The third kappa shape index (κ3) is 3.45. The highest BCUT2D eigenvalue weighted by Crippen LogP contribution is 2.19. The maximum Gasteiger partial charge on any atom is 0.269 e. The minimum atomic E-state index is -0.147. The van der Waals surface area contributed by atoms with Crippen LogP contribution in [-0.4, -0.2) is 25.7 Å². The molecule has 6 nitrogen and oxygen atoms in total. The zero-order valence-corrected chi connectivity index (χ0v) is 13.7. The van der Waals surface area contributed by atoms with Gasteiger partial charge in [0, 0.05) is 23.8 Å². The lowest BCUT2D eigenvalue weighted by molar-refractivity contribution is 0.0938. The van der Waals surface area contributed by atoms with Crippen molar-refractivity contribution in [3.05, 3.63) is 52.7 Å². The Labute approximate surface area is 138 Å². The highest BCUT2D eigenvalue weighted by Gasteiger charge is 2.14. The van der Waals surface area contributed by atoms with Gasteiger partial charge in [0.1, 0.15) is 10.7 Å². The first kappa shape index (κ1) is 15.4. The Hall–Kier alpha value is -2.54. The second-order valence-electron chi connectivity index (χ2n) is 5.28. The Balaban J connectivity index is 1.66. The van der Waals surface area contributed by atoms with E-state index in [1.165, 1.54) is 11.3 Å². The molecule has 3 heterocycles. The average Bonchev–Trinajstić information content (AvgIpc) is 3.23. The molecule has 118 valence electrons. The summed E-state index contributed by atoms with van der Waals surface area (Å²) in [6.07, 6.45) is 3.38. The highest BCUT2D eigenvalue weighted by molar-refractivity contribution is 7.09. The van der Waals surface area contributed by atoms with Gasteiger partial charge in [-0.15, -0.1) is 11.3 Å². The summed E-state index contributed by atoms with van der Waals surface area (Å²) in [5.41, 5.74) is 2.22. The second-order valence-corrected chi connectivity index (χ2v) is 6.22. The van der Waals surface area contributed by atoms with Crippen LogP contribution in [0.1, 0.15) is 35.4 Å². The van der Waals surface area contributed by atoms with Crippen molar-refractivity contribution < 1.29 is 4.79 Å². The van der Waals surface area contributed by atoms with Crippen LogP contribution in [-0.2, 0) is 6.54 Å². The Morgan fingerprint density at radius 3 is 2.87 bits per heavy atom. The van der Waals surface area contributed by atoms with Crippen LogP contribution < -0.4 is 5.32 Å². The van der Waals surface area contributed by atoms with Crippen LogP contribution in [0.3, 0.4) is 0 Å². The molecule has 0 radical (unpaired) electrons. The summed E-state index contributed by atoms with van der Waals surface area (Å²) >= 11 is 1.51. The molecular formula is C16H17N5OS. The van der Waals surface area contributed by atoms with Crippen molar-refractivity contribution in [1.29, 1.82) is 0 Å². The molecule has 0 aliphatic rings. The molecule has 0 spiro atoms. The minimum Gasteiger partial charge on any atom is -0.344 e. The summed E-state index contributed by atoms with van der Waals surface area (Å²) in [5.74, 6) is -0.147. The molecule has 0 aliphatic carbocycles. The van der Waals surface area contributed by atoms with E-state index in [4.69, 9.17) is 0 Å². The molecule has 0 unspecified atom stereocenters. The van der Waals surface area contributed by atoms with E-state index < -0.39 is 0 Å². The van der Waals surface area contributed by atoms with E-state index in [2.05, 4.69) is 20.4 Å².